The normalized spacial score (nSPS) is 17.1. The summed E-state index contributed by atoms with van der Waals surface area (Å²) < 4.78 is 5.01. The van der Waals surface area contributed by atoms with Crippen LogP contribution in [-0.2, 0) is 11.2 Å². The average molecular weight is 328 g/mol. The van der Waals surface area contributed by atoms with E-state index < -0.39 is 12.0 Å². The molecule has 1 aromatic carbocycles. The number of amides is 1. The van der Waals surface area contributed by atoms with Crippen LogP contribution in [0.15, 0.2) is 21.4 Å². The fourth-order valence-electron chi connectivity index (χ4n) is 1.84. The zero-order valence-electron chi connectivity index (χ0n) is 10.4. The van der Waals surface area contributed by atoms with Gasteiger partial charge in [0.15, 0.2) is 10.4 Å². The summed E-state index contributed by atoms with van der Waals surface area (Å²) in [7, 11) is 0. The highest BCUT2D eigenvalue weighted by molar-refractivity contribution is 8.01. The minimum atomic E-state index is -1.14. The van der Waals surface area contributed by atoms with Crippen molar-refractivity contribution in [1.29, 1.82) is 0 Å². The molecular weight excluding hydrogens is 318 g/mol. The fourth-order valence-corrected chi connectivity index (χ4v) is 3.83. The van der Waals surface area contributed by atoms with Gasteiger partial charge >= 0.3 is 0 Å². The molecule has 20 heavy (non-hydrogen) atoms. The standard InChI is InChI=1S/C12H10ClN3O2S2/c1-2-9-15-12(20-16-9)19-8-4-7-5(3-6(8)13)10(17)11(18)14-7/h3-4,10,17H,2H2,1H3,(H,14,18). The third kappa shape index (κ3) is 2.42. The zero-order chi connectivity index (χ0) is 14.3. The van der Waals surface area contributed by atoms with E-state index in [1.807, 2.05) is 6.92 Å². The number of carbonyl (C=O) groups excluding carboxylic acids is 1. The number of aliphatic hydroxyl groups excluding tert-OH is 1. The molecule has 1 amide bonds. The first-order valence-electron chi connectivity index (χ1n) is 5.91. The third-order valence-corrected chi connectivity index (χ3v) is 5.14. The SMILES string of the molecule is CCc1nsc(Sc2cc3c(cc2Cl)C(O)C(=O)N3)n1. The number of hydrogen-bond acceptors (Lipinski definition) is 6. The Hall–Kier alpha value is -1.15. The number of anilines is 1. The van der Waals surface area contributed by atoms with Crippen LogP contribution >= 0.6 is 34.9 Å². The maximum Gasteiger partial charge on any atom is 0.257 e. The van der Waals surface area contributed by atoms with E-state index in [0.29, 0.717) is 16.3 Å². The Bertz CT molecular complexity index is 689. The summed E-state index contributed by atoms with van der Waals surface area (Å²) in [5.41, 5.74) is 1.10. The lowest BCUT2D eigenvalue weighted by Gasteiger charge is -2.06. The summed E-state index contributed by atoms with van der Waals surface area (Å²) in [4.78, 5) is 16.6. The molecule has 2 aromatic rings. The first-order chi connectivity index (χ1) is 9.58. The molecule has 1 unspecified atom stereocenters. The number of fused-ring (bicyclic) bond motifs is 1. The molecule has 2 heterocycles. The van der Waals surface area contributed by atoms with E-state index in [0.717, 1.165) is 21.5 Å². The van der Waals surface area contributed by atoms with Crippen LogP contribution in [0.1, 0.15) is 24.4 Å². The minimum absolute atomic E-state index is 0.428. The maximum atomic E-state index is 11.4. The summed E-state index contributed by atoms with van der Waals surface area (Å²) in [6.45, 7) is 2.00. The van der Waals surface area contributed by atoms with E-state index in [1.54, 1.807) is 12.1 Å². The van der Waals surface area contributed by atoms with Crippen LogP contribution in [0.25, 0.3) is 0 Å². The molecule has 0 aliphatic carbocycles. The van der Waals surface area contributed by atoms with Gasteiger partial charge in [0.1, 0.15) is 5.82 Å². The Kier molecular flexibility index (Phi) is 3.68. The molecule has 104 valence electrons. The molecule has 0 bridgehead atoms. The first kappa shape index (κ1) is 13.8. The maximum absolute atomic E-state index is 11.4. The van der Waals surface area contributed by atoms with Gasteiger partial charge in [-0.05, 0) is 23.7 Å². The van der Waals surface area contributed by atoms with Crippen molar-refractivity contribution in [2.75, 3.05) is 5.32 Å². The molecular formula is C12H10ClN3O2S2. The van der Waals surface area contributed by atoms with Gasteiger partial charge in [-0.3, -0.25) is 4.79 Å². The molecule has 0 saturated heterocycles. The molecule has 1 aliphatic heterocycles. The molecule has 5 nitrogen and oxygen atoms in total. The highest BCUT2D eigenvalue weighted by atomic mass is 35.5. The number of aryl methyl sites for hydroxylation is 1. The highest BCUT2D eigenvalue weighted by Gasteiger charge is 2.29. The largest absolute Gasteiger partial charge is 0.378 e. The summed E-state index contributed by atoms with van der Waals surface area (Å²) in [5, 5.41) is 12.8. The third-order valence-electron chi connectivity index (χ3n) is 2.87. The monoisotopic (exact) mass is 327 g/mol. The van der Waals surface area contributed by atoms with Crippen molar-refractivity contribution < 1.29 is 9.90 Å². The van der Waals surface area contributed by atoms with Crippen molar-refractivity contribution in [2.45, 2.75) is 28.7 Å². The molecule has 0 saturated carbocycles. The van der Waals surface area contributed by atoms with Gasteiger partial charge in [0.25, 0.3) is 5.91 Å². The number of carbonyl (C=O) groups is 1. The number of nitrogens with zero attached hydrogens (tertiary/aromatic N) is 2. The first-order valence-corrected chi connectivity index (χ1v) is 7.88. The number of aromatic nitrogens is 2. The van der Waals surface area contributed by atoms with Gasteiger partial charge in [-0.1, -0.05) is 30.3 Å². The molecule has 0 spiro atoms. The summed E-state index contributed by atoms with van der Waals surface area (Å²) in [5.74, 6) is 0.376. The van der Waals surface area contributed by atoms with Crippen molar-refractivity contribution in [3.8, 4) is 0 Å². The van der Waals surface area contributed by atoms with Crippen molar-refractivity contribution in [2.24, 2.45) is 0 Å². The van der Waals surface area contributed by atoms with E-state index in [4.69, 9.17) is 11.6 Å². The minimum Gasteiger partial charge on any atom is -0.378 e. The molecule has 8 heteroatoms. The highest BCUT2D eigenvalue weighted by Crippen LogP contribution is 2.41. The molecule has 1 atom stereocenters. The van der Waals surface area contributed by atoms with Gasteiger partial charge in [-0.2, -0.15) is 4.37 Å². The molecule has 1 aromatic heterocycles. The Morgan fingerprint density at radius 3 is 3.05 bits per heavy atom. The number of halogens is 1. The quantitative estimate of drug-likeness (QED) is 0.906. The van der Waals surface area contributed by atoms with Crippen LogP contribution in [0.2, 0.25) is 5.02 Å². The molecule has 0 radical (unpaired) electrons. The van der Waals surface area contributed by atoms with Crippen LogP contribution < -0.4 is 5.32 Å². The predicted octanol–water partition coefficient (Wildman–Crippen LogP) is 2.89. The number of hydrogen-bond donors (Lipinski definition) is 2. The molecule has 2 N–H and O–H groups in total. The Balaban J connectivity index is 1.91. The van der Waals surface area contributed by atoms with Crippen molar-refractivity contribution in [1.82, 2.24) is 9.36 Å². The van der Waals surface area contributed by atoms with Crippen molar-refractivity contribution in [3.63, 3.8) is 0 Å². The summed E-state index contributed by atoms with van der Waals surface area (Å²) in [6, 6.07) is 3.37. The second kappa shape index (κ2) is 5.33. The van der Waals surface area contributed by atoms with Crippen LogP contribution in [0.4, 0.5) is 5.69 Å². The Morgan fingerprint density at radius 1 is 1.55 bits per heavy atom. The average Bonchev–Trinajstić information content (AvgIpc) is 2.98. The molecule has 0 fully saturated rings. The van der Waals surface area contributed by atoms with Gasteiger partial charge < -0.3 is 10.4 Å². The van der Waals surface area contributed by atoms with E-state index in [1.165, 1.54) is 23.3 Å². The van der Waals surface area contributed by atoms with Gasteiger partial charge in [0.05, 0.1) is 5.02 Å². The number of nitrogens with one attached hydrogen (secondary N) is 1. The van der Waals surface area contributed by atoms with E-state index in [2.05, 4.69) is 14.7 Å². The molecule has 1 aliphatic rings. The number of rotatable bonds is 3. The van der Waals surface area contributed by atoms with E-state index in [9.17, 15) is 9.90 Å². The van der Waals surface area contributed by atoms with E-state index >= 15 is 0 Å². The van der Waals surface area contributed by atoms with Crippen LogP contribution in [-0.4, -0.2) is 20.4 Å². The Morgan fingerprint density at radius 2 is 2.35 bits per heavy atom. The topological polar surface area (TPSA) is 75.1 Å². The lowest BCUT2D eigenvalue weighted by molar-refractivity contribution is -0.123. The Labute approximate surface area is 128 Å². The van der Waals surface area contributed by atoms with Gasteiger partial charge in [-0.25, -0.2) is 4.98 Å². The second-order valence-electron chi connectivity index (χ2n) is 4.19. The van der Waals surface area contributed by atoms with Crippen LogP contribution in [0.5, 0.6) is 0 Å². The lowest BCUT2D eigenvalue weighted by atomic mass is 10.1. The fraction of sp³-hybridized carbons (Fsp3) is 0.250. The van der Waals surface area contributed by atoms with Gasteiger partial charge in [0.2, 0.25) is 0 Å². The van der Waals surface area contributed by atoms with Crippen LogP contribution in [0.3, 0.4) is 0 Å². The van der Waals surface area contributed by atoms with Crippen molar-refractivity contribution in [3.05, 3.63) is 28.5 Å². The van der Waals surface area contributed by atoms with Crippen molar-refractivity contribution >= 4 is 46.5 Å². The van der Waals surface area contributed by atoms with Gasteiger partial charge in [0, 0.05) is 22.6 Å². The smallest absolute Gasteiger partial charge is 0.257 e. The van der Waals surface area contributed by atoms with Crippen LogP contribution in [0, 0.1) is 0 Å². The van der Waals surface area contributed by atoms with E-state index in [-0.39, 0.29) is 0 Å². The summed E-state index contributed by atoms with van der Waals surface area (Å²) >= 11 is 8.91. The lowest BCUT2D eigenvalue weighted by Crippen LogP contribution is -2.10. The number of benzene rings is 1. The second-order valence-corrected chi connectivity index (χ2v) is 6.64. The molecule has 3 rings (SSSR count). The number of aliphatic hydroxyl groups is 1. The zero-order valence-corrected chi connectivity index (χ0v) is 12.8. The summed E-state index contributed by atoms with van der Waals surface area (Å²) in [6.07, 6.45) is -0.355. The van der Waals surface area contributed by atoms with Gasteiger partial charge in [-0.15, -0.1) is 0 Å². The predicted molar refractivity (Wildman–Crippen MR) is 78.5 cm³/mol.